The zero-order valence-corrected chi connectivity index (χ0v) is 23.8. The minimum absolute atomic E-state index is 0.0359. The average Bonchev–Trinajstić information content (AvgIpc) is 2.85. The van der Waals surface area contributed by atoms with Crippen LogP contribution in [0.15, 0.2) is 11.3 Å². The van der Waals surface area contributed by atoms with Gasteiger partial charge in [-0.1, -0.05) is 90.4 Å². The number of hydrogen-bond donors (Lipinski definition) is 1. The first kappa shape index (κ1) is 30.8. The Morgan fingerprint density at radius 2 is 1.53 bits per heavy atom. The van der Waals surface area contributed by atoms with Gasteiger partial charge in [0.2, 0.25) is 0 Å². The minimum Gasteiger partial charge on any atom is -0.465 e. The number of hydrogen-bond acceptors (Lipinski definition) is 5. The van der Waals surface area contributed by atoms with Gasteiger partial charge in [-0.25, -0.2) is 9.37 Å². The van der Waals surface area contributed by atoms with Crippen LogP contribution < -0.4 is 5.73 Å². The molecule has 208 valence electrons. The summed E-state index contributed by atoms with van der Waals surface area (Å²) in [5, 5.41) is 0. The number of unbranched alkanes of at least 4 members (excludes halogenated alkanes) is 13. The third-order valence-corrected chi connectivity index (χ3v) is 8.36. The molecule has 1 fully saturated rings. The first-order chi connectivity index (χ1) is 17.5. The fourth-order valence-electron chi connectivity index (χ4n) is 5.77. The molecule has 2 N–H and O–H groups in total. The van der Waals surface area contributed by atoms with E-state index in [1.165, 1.54) is 90.6 Å². The fourth-order valence-corrected chi connectivity index (χ4v) is 5.77. The molecule has 6 nitrogen and oxygen atoms in total. The van der Waals surface area contributed by atoms with Crippen LogP contribution >= 0.6 is 0 Å². The molecule has 2 heterocycles. The summed E-state index contributed by atoms with van der Waals surface area (Å²) in [4.78, 5) is 12.5. The Balaban J connectivity index is 1.69. The Morgan fingerprint density at radius 3 is 1.97 bits per heavy atom. The molecule has 6 heteroatoms. The number of esters is 1. The number of rotatable bonds is 20. The van der Waals surface area contributed by atoms with Gasteiger partial charge in [0.05, 0.1) is 19.8 Å². The summed E-state index contributed by atoms with van der Waals surface area (Å²) in [6.07, 6.45) is 21.6. The van der Waals surface area contributed by atoms with Crippen LogP contribution in [0.1, 0.15) is 117 Å². The SMILES string of the molecule is CCCCCCCCCCCCCCCCOCC1(C2CCO2)C(N)=C(C(=O)OC)C=[N+](CC)C1C. The van der Waals surface area contributed by atoms with Crippen LogP contribution in [0.2, 0.25) is 0 Å². The molecule has 2 aliphatic rings. The van der Waals surface area contributed by atoms with Gasteiger partial charge >= 0.3 is 5.97 Å². The van der Waals surface area contributed by atoms with Gasteiger partial charge in [-0.3, -0.25) is 0 Å². The molecular formula is C30H55N2O4+. The molecular weight excluding hydrogens is 452 g/mol. The van der Waals surface area contributed by atoms with E-state index < -0.39 is 11.4 Å². The van der Waals surface area contributed by atoms with E-state index in [1.807, 2.05) is 6.21 Å². The molecule has 0 aromatic heterocycles. The van der Waals surface area contributed by atoms with Gasteiger partial charge in [-0.05, 0) is 26.7 Å². The molecule has 2 aliphatic heterocycles. The number of methoxy groups -OCH3 is 1. The first-order valence-electron chi connectivity index (χ1n) is 14.9. The number of nitrogens with two attached hydrogens (primary N) is 1. The summed E-state index contributed by atoms with van der Waals surface area (Å²) in [6, 6.07) is 0.0811. The smallest absolute Gasteiger partial charge is 0.345 e. The van der Waals surface area contributed by atoms with Gasteiger partial charge in [0, 0.05) is 18.9 Å². The number of carbonyl (C=O) groups is 1. The van der Waals surface area contributed by atoms with E-state index in [-0.39, 0.29) is 12.1 Å². The second-order valence-corrected chi connectivity index (χ2v) is 10.8. The molecule has 0 amide bonds. The van der Waals surface area contributed by atoms with E-state index in [4.69, 9.17) is 19.9 Å². The van der Waals surface area contributed by atoms with Crippen LogP contribution in [0.25, 0.3) is 0 Å². The monoisotopic (exact) mass is 507 g/mol. The van der Waals surface area contributed by atoms with E-state index in [0.29, 0.717) is 17.9 Å². The molecule has 1 saturated heterocycles. The molecule has 0 spiro atoms. The lowest BCUT2D eigenvalue weighted by Crippen LogP contribution is -2.61. The molecule has 0 radical (unpaired) electrons. The van der Waals surface area contributed by atoms with Crippen LogP contribution in [0.5, 0.6) is 0 Å². The Kier molecular flexibility index (Phi) is 14.7. The van der Waals surface area contributed by atoms with Crippen molar-refractivity contribution in [3.8, 4) is 0 Å². The second kappa shape index (κ2) is 17.2. The van der Waals surface area contributed by atoms with Crippen molar-refractivity contribution in [2.24, 2.45) is 11.1 Å². The zero-order chi connectivity index (χ0) is 26.2. The number of ether oxygens (including phenoxy) is 3. The average molecular weight is 508 g/mol. The molecule has 3 atom stereocenters. The van der Waals surface area contributed by atoms with Crippen molar-refractivity contribution in [2.75, 3.05) is 33.5 Å². The fraction of sp³-hybridized carbons (Fsp3) is 0.867. The van der Waals surface area contributed by atoms with E-state index in [9.17, 15) is 4.79 Å². The van der Waals surface area contributed by atoms with Crippen molar-refractivity contribution in [3.05, 3.63) is 11.3 Å². The van der Waals surface area contributed by atoms with Gasteiger partial charge in [0.15, 0.2) is 12.3 Å². The Hall–Kier alpha value is -1.40. The summed E-state index contributed by atoms with van der Waals surface area (Å²) in [5.74, 6) is -0.395. The Morgan fingerprint density at radius 1 is 1.00 bits per heavy atom. The van der Waals surface area contributed by atoms with Crippen LogP contribution in [-0.4, -0.2) is 62.4 Å². The standard InChI is InChI=1S/C30H54N2O4/c1-5-7-8-9-10-11-12-13-14-15-16-17-18-19-21-35-24-30(27-20-22-36-27)25(3)32(6-2)23-26(28(30)31)29(33)34-4/h23,25,27,31H,5-22,24H2,1-4H3/p+1. The molecule has 3 unspecified atom stereocenters. The van der Waals surface area contributed by atoms with Crippen LogP contribution in [0.3, 0.4) is 0 Å². The third kappa shape index (κ3) is 8.58. The van der Waals surface area contributed by atoms with Gasteiger partial charge in [-0.15, -0.1) is 0 Å². The van der Waals surface area contributed by atoms with Crippen molar-refractivity contribution in [2.45, 2.75) is 129 Å². The second-order valence-electron chi connectivity index (χ2n) is 10.8. The topological polar surface area (TPSA) is 73.8 Å². The molecule has 36 heavy (non-hydrogen) atoms. The van der Waals surface area contributed by atoms with Crippen molar-refractivity contribution in [1.82, 2.24) is 0 Å². The normalized spacial score (nSPS) is 23.9. The van der Waals surface area contributed by atoms with Gasteiger partial charge in [0.25, 0.3) is 0 Å². The van der Waals surface area contributed by atoms with E-state index >= 15 is 0 Å². The predicted octanol–water partition coefficient (Wildman–Crippen LogP) is 6.15. The summed E-state index contributed by atoms with van der Waals surface area (Å²) in [7, 11) is 1.40. The van der Waals surface area contributed by atoms with E-state index in [0.717, 1.165) is 32.6 Å². The molecule has 2 rings (SSSR count). The maximum Gasteiger partial charge on any atom is 0.345 e. The van der Waals surface area contributed by atoms with E-state index in [1.54, 1.807) is 0 Å². The lowest BCUT2D eigenvalue weighted by Gasteiger charge is -2.48. The zero-order valence-electron chi connectivity index (χ0n) is 23.8. The highest BCUT2D eigenvalue weighted by atomic mass is 16.5. The maximum absolute atomic E-state index is 12.5. The highest BCUT2D eigenvalue weighted by Crippen LogP contribution is 2.44. The molecule has 0 aromatic carbocycles. The summed E-state index contributed by atoms with van der Waals surface area (Å²) in [6.45, 7) is 9.23. The highest BCUT2D eigenvalue weighted by molar-refractivity contribution is 6.09. The highest BCUT2D eigenvalue weighted by Gasteiger charge is 2.57. The molecule has 0 bridgehead atoms. The summed E-state index contributed by atoms with van der Waals surface area (Å²) < 4.78 is 19.4. The quantitative estimate of drug-likeness (QED) is 0.122. The summed E-state index contributed by atoms with van der Waals surface area (Å²) >= 11 is 0. The third-order valence-electron chi connectivity index (χ3n) is 8.36. The van der Waals surface area contributed by atoms with Gasteiger partial charge in [-0.2, -0.15) is 0 Å². The number of carbonyl (C=O) groups excluding carboxylic acids is 1. The lowest BCUT2D eigenvalue weighted by atomic mass is 9.68. The lowest BCUT2D eigenvalue weighted by molar-refractivity contribution is -0.577. The van der Waals surface area contributed by atoms with E-state index in [2.05, 4.69) is 25.3 Å². The maximum atomic E-state index is 12.5. The van der Waals surface area contributed by atoms with Crippen molar-refractivity contribution in [3.63, 3.8) is 0 Å². The molecule has 0 aromatic rings. The predicted molar refractivity (Wildman–Crippen MR) is 147 cm³/mol. The Bertz CT molecular complexity index is 701. The van der Waals surface area contributed by atoms with Gasteiger partial charge < -0.3 is 19.9 Å². The largest absolute Gasteiger partial charge is 0.465 e. The first-order valence-corrected chi connectivity index (χ1v) is 14.9. The van der Waals surface area contributed by atoms with Crippen molar-refractivity contribution < 1.29 is 23.6 Å². The van der Waals surface area contributed by atoms with Crippen molar-refractivity contribution >= 4 is 12.2 Å². The van der Waals surface area contributed by atoms with Crippen LogP contribution in [-0.2, 0) is 19.0 Å². The number of nitrogens with zero attached hydrogens (tertiary/aromatic N) is 1. The van der Waals surface area contributed by atoms with Crippen LogP contribution in [0.4, 0.5) is 0 Å². The van der Waals surface area contributed by atoms with Crippen molar-refractivity contribution in [1.29, 1.82) is 0 Å². The Labute approximate surface area is 221 Å². The molecule has 0 aliphatic carbocycles. The molecule has 0 saturated carbocycles. The van der Waals surface area contributed by atoms with Crippen LogP contribution in [0, 0.1) is 5.41 Å². The minimum atomic E-state index is -0.539. The summed E-state index contributed by atoms with van der Waals surface area (Å²) in [5.41, 5.74) is 7.13. The van der Waals surface area contributed by atoms with Gasteiger partial charge in [0.1, 0.15) is 17.5 Å².